The highest BCUT2D eigenvalue weighted by molar-refractivity contribution is 7.99. The molecule has 0 aromatic carbocycles. The maximum Gasteiger partial charge on any atom is 0.0278 e. The number of piperidine rings is 1. The van der Waals surface area contributed by atoms with E-state index in [0.29, 0.717) is 6.04 Å². The third-order valence-electron chi connectivity index (χ3n) is 2.51. The van der Waals surface area contributed by atoms with Gasteiger partial charge in [0.25, 0.3) is 0 Å². The monoisotopic (exact) mass is 208 g/mol. The standard InChI is InChI=1S/C11H16N2S/c1-2-6-13-10(3-1)9-14-11-4-7-12-8-5-11/h4-5,7-8,10,13H,1-3,6,9H2. The molecule has 1 fully saturated rings. The molecule has 1 N–H and O–H groups in total. The molecule has 1 aliphatic heterocycles. The van der Waals surface area contributed by atoms with Crippen LogP contribution in [0.4, 0.5) is 0 Å². The van der Waals surface area contributed by atoms with Crippen LogP contribution in [-0.4, -0.2) is 23.3 Å². The van der Waals surface area contributed by atoms with Gasteiger partial charge in [-0.1, -0.05) is 6.42 Å². The minimum atomic E-state index is 0.710. The summed E-state index contributed by atoms with van der Waals surface area (Å²) in [4.78, 5) is 5.34. The molecule has 1 unspecified atom stereocenters. The number of hydrogen-bond acceptors (Lipinski definition) is 3. The Hall–Kier alpha value is -0.540. The van der Waals surface area contributed by atoms with E-state index in [4.69, 9.17) is 0 Å². The summed E-state index contributed by atoms with van der Waals surface area (Å²) in [7, 11) is 0. The first-order valence-corrected chi connectivity index (χ1v) is 6.20. The minimum absolute atomic E-state index is 0.710. The van der Waals surface area contributed by atoms with Gasteiger partial charge in [-0.3, -0.25) is 4.98 Å². The molecule has 1 aliphatic rings. The summed E-state index contributed by atoms with van der Waals surface area (Å²) in [5.74, 6) is 1.18. The van der Waals surface area contributed by atoms with E-state index < -0.39 is 0 Å². The van der Waals surface area contributed by atoms with Crippen molar-refractivity contribution in [2.45, 2.75) is 30.2 Å². The average Bonchev–Trinajstić information content (AvgIpc) is 2.29. The second-order valence-corrected chi connectivity index (χ2v) is 4.73. The van der Waals surface area contributed by atoms with Crippen LogP contribution in [0.25, 0.3) is 0 Å². The lowest BCUT2D eigenvalue weighted by Gasteiger charge is -2.22. The van der Waals surface area contributed by atoms with E-state index in [1.165, 1.54) is 36.5 Å². The summed E-state index contributed by atoms with van der Waals surface area (Å²) in [5, 5.41) is 3.55. The lowest BCUT2D eigenvalue weighted by molar-refractivity contribution is 0.430. The molecule has 1 atom stereocenters. The summed E-state index contributed by atoms with van der Waals surface area (Å²) >= 11 is 1.92. The Balaban J connectivity index is 1.76. The number of rotatable bonds is 3. The summed E-state index contributed by atoms with van der Waals surface area (Å²) in [6, 6.07) is 4.86. The highest BCUT2D eigenvalue weighted by Gasteiger charge is 2.12. The van der Waals surface area contributed by atoms with Gasteiger partial charge >= 0.3 is 0 Å². The van der Waals surface area contributed by atoms with E-state index in [0.717, 1.165) is 0 Å². The van der Waals surface area contributed by atoms with Gasteiger partial charge in [0.2, 0.25) is 0 Å². The van der Waals surface area contributed by atoms with Gasteiger partial charge in [-0.2, -0.15) is 0 Å². The van der Waals surface area contributed by atoms with Crippen molar-refractivity contribution in [1.29, 1.82) is 0 Å². The van der Waals surface area contributed by atoms with E-state index in [-0.39, 0.29) is 0 Å². The van der Waals surface area contributed by atoms with Gasteiger partial charge in [-0.15, -0.1) is 11.8 Å². The Kier molecular flexibility index (Phi) is 3.83. The summed E-state index contributed by atoms with van der Waals surface area (Å²) in [6.07, 6.45) is 7.77. The summed E-state index contributed by atoms with van der Waals surface area (Å²) in [5.41, 5.74) is 0. The van der Waals surface area contributed by atoms with Crippen LogP contribution in [0.5, 0.6) is 0 Å². The zero-order chi connectivity index (χ0) is 9.64. The van der Waals surface area contributed by atoms with Crippen molar-refractivity contribution in [1.82, 2.24) is 10.3 Å². The zero-order valence-corrected chi connectivity index (χ0v) is 9.09. The zero-order valence-electron chi connectivity index (χ0n) is 8.28. The van der Waals surface area contributed by atoms with Crippen LogP contribution in [0.2, 0.25) is 0 Å². The Morgan fingerprint density at radius 1 is 1.36 bits per heavy atom. The van der Waals surface area contributed by atoms with E-state index in [2.05, 4.69) is 22.4 Å². The largest absolute Gasteiger partial charge is 0.313 e. The molecular weight excluding hydrogens is 192 g/mol. The summed E-state index contributed by atoms with van der Waals surface area (Å²) in [6.45, 7) is 1.20. The van der Waals surface area contributed by atoms with Crippen LogP contribution < -0.4 is 5.32 Å². The second kappa shape index (κ2) is 5.37. The average molecular weight is 208 g/mol. The van der Waals surface area contributed by atoms with Gasteiger partial charge in [-0.05, 0) is 31.5 Å². The van der Waals surface area contributed by atoms with Gasteiger partial charge in [-0.25, -0.2) is 0 Å². The summed E-state index contributed by atoms with van der Waals surface area (Å²) < 4.78 is 0. The Morgan fingerprint density at radius 3 is 2.93 bits per heavy atom. The molecule has 2 rings (SSSR count). The molecule has 3 heteroatoms. The molecule has 1 aromatic heterocycles. The second-order valence-electron chi connectivity index (χ2n) is 3.64. The first-order valence-electron chi connectivity index (χ1n) is 5.21. The van der Waals surface area contributed by atoms with E-state index in [9.17, 15) is 0 Å². The number of pyridine rings is 1. The maximum atomic E-state index is 4.01. The van der Waals surface area contributed by atoms with Gasteiger partial charge in [0.05, 0.1) is 0 Å². The van der Waals surface area contributed by atoms with Crippen molar-refractivity contribution in [2.24, 2.45) is 0 Å². The Bertz CT molecular complexity index is 257. The fourth-order valence-corrected chi connectivity index (χ4v) is 2.69. The van der Waals surface area contributed by atoms with Crippen molar-refractivity contribution in [3.05, 3.63) is 24.5 Å². The Morgan fingerprint density at radius 2 is 2.21 bits per heavy atom. The van der Waals surface area contributed by atoms with Crippen molar-refractivity contribution in [2.75, 3.05) is 12.3 Å². The smallest absolute Gasteiger partial charge is 0.0278 e. The molecule has 0 amide bonds. The van der Waals surface area contributed by atoms with E-state index in [1.807, 2.05) is 24.2 Å². The predicted molar refractivity (Wildman–Crippen MR) is 60.6 cm³/mol. The maximum absolute atomic E-state index is 4.01. The van der Waals surface area contributed by atoms with Crippen LogP contribution in [0.3, 0.4) is 0 Å². The molecular formula is C11H16N2S. The molecule has 0 spiro atoms. The van der Waals surface area contributed by atoms with E-state index in [1.54, 1.807) is 0 Å². The molecule has 76 valence electrons. The Labute approximate surface area is 89.5 Å². The number of hydrogen-bond donors (Lipinski definition) is 1. The molecule has 0 radical (unpaired) electrons. The molecule has 2 nitrogen and oxygen atoms in total. The van der Waals surface area contributed by atoms with Crippen molar-refractivity contribution < 1.29 is 0 Å². The quantitative estimate of drug-likeness (QED) is 0.772. The number of aromatic nitrogens is 1. The fourth-order valence-electron chi connectivity index (χ4n) is 1.70. The highest BCUT2D eigenvalue weighted by atomic mass is 32.2. The molecule has 0 aliphatic carbocycles. The minimum Gasteiger partial charge on any atom is -0.313 e. The van der Waals surface area contributed by atoms with Gasteiger partial charge < -0.3 is 5.32 Å². The third kappa shape index (κ3) is 3.00. The fraction of sp³-hybridized carbons (Fsp3) is 0.545. The molecule has 1 aromatic rings. The molecule has 14 heavy (non-hydrogen) atoms. The van der Waals surface area contributed by atoms with Gasteiger partial charge in [0, 0.05) is 29.1 Å². The lowest BCUT2D eigenvalue weighted by Crippen LogP contribution is -2.35. The first kappa shape index (κ1) is 9.99. The predicted octanol–water partition coefficient (Wildman–Crippen LogP) is 2.32. The molecule has 1 saturated heterocycles. The van der Waals surface area contributed by atoms with Crippen LogP contribution in [0, 0.1) is 0 Å². The van der Waals surface area contributed by atoms with Gasteiger partial charge in [0.1, 0.15) is 0 Å². The molecule has 0 bridgehead atoms. The van der Waals surface area contributed by atoms with Crippen molar-refractivity contribution in [3.63, 3.8) is 0 Å². The number of thioether (sulfide) groups is 1. The topological polar surface area (TPSA) is 24.9 Å². The highest BCUT2D eigenvalue weighted by Crippen LogP contribution is 2.20. The first-order chi connectivity index (χ1) is 6.95. The van der Waals surface area contributed by atoms with Crippen molar-refractivity contribution in [3.8, 4) is 0 Å². The third-order valence-corrected chi connectivity index (χ3v) is 3.69. The molecule has 2 heterocycles. The normalized spacial score (nSPS) is 22.1. The van der Waals surface area contributed by atoms with Crippen LogP contribution >= 0.6 is 11.8 Å². The molecule has 0 saturated carbocycles. The number of nitrogens with zero attached hydrogens (tertiary/aromatic N) is 1. The van der Waals surface area contributed by atoms with Crippen molar-refractivity contribution >= 4 is 11.8 Å². The van der Waals surface area contributed by atoms with Crippen LogP contribution in [0.1, 0.15) is 19.3 Å². The van der Waals surface area contributed by atoms with Gasteiger partial charge in [0.15, 0.2) is 0 Å². The number of nitrogens with one attached hydrogen (secondary N) is 1. The lowest BCUT2D eigenvalue weighted by atomic mass is 10.1. The van der Waals surface area contributed by atoms with E-state index >= 15 is 0 Å². The van der Waals surface area contributed by atoms with Crippen LogP contribution in [-0.2, 0) is 0 Å². The van der Waals surface area contributed by atoms with Crippen LogP contribution in [0.15, 0.2) is 29.4 Å². The SMILES string of the molecule is c1cc(SCC2CCCCN2)ccn1.